The number of hydrogen-bond acceptors (Lipinski definition) is 5. The Morgan fingerprint density at radius 1 is 1.42 bits per heavy atom. The monoisotopic (exact) mass is 306 g/mol. The van der Waals surface area contributed by atoms with E-state index in [0.717, 1.165) is 0 Å². The Morgan fingerprint density at radius 3 is 2.47 bits per heavy atom. The van der Waals surface area contributed by atoms with Gasteiger partial charge in [-0.2, -0.15) is 0 Å². The SMILES string of the molecule is CC(C)(C)OC(=O)Nc1cc(B(O)O)c(Cl)c(Cl)n1. The molecule has 0 aliphatic heterocycles. The average molecular weight is 307 g/mol. The quantitative estimate of drug-likeness (QED) is 0.568. The van der Waals surface area contributed by atoms with Crippen molar-refractivity contribution in [3.8, 4) is 0 Å². The smallest absolute Gasteiger partial charge is 0.444 e. The third kappa shape index (κ3) is 4.87. The molecule has 1 heterocycles. The second-order valence-electron chi connectivity index (χ2n) is 4.70. The van der Waals surface area contributed by atoms with E-state index in [9.17, 15) is 4.79 Å². The predicted molar refractivity (Wildman–Crippen MR) is 73.9 cm³/mol. The molecule has 1 rings (SSSR count). The molecule has 19 heavy (non-hydrogen) atoms. The van der Waals surface area contributed by atoms with Crippen molar-refractivity contribution in [2.24, 2.45) is 0 Å². The highest BCUT2D eigenvalue weighted by Gasteiger charge is 2.21. The molecule has 0 aliphatic carbocycles. The fourth-order valence-corrected chi connectivity index (χ4v) is 1.57. The fourth-order valence-electron chi connectivity index (χ4n) is 1.18. The van der Waals surface area contributed by atoms with Crippen LogP contribution in [0.5, 0.6) is 0 Å². The first kappa shape index (κ1) is 16.0. The van der Waals surface area contributed by atoms with Crippen LogP contribution < -0.4 is 10.8 Å². The number of anilines is 1. The number of carbonyl (C=O) groups is 1. The Morgan fingerprint density at radius 2 is 2.00 bits per heavy atom. The van der Waals surface area contributed by atoms with Gasteiger partial charge in [0.2, 0.25) is 0 Å². The van der Waals surface area contributed by atoms with Gasteiger partial charge in [0.05, 0.1) is 5.02 Å². The van der Waals surface area contributed by atoms with E-state index in [-0.39, 0.29) is 21.5 Å². The molecule has 0 saturated heterocycles. The second-order valence-corrected chi connectivity index (χ2v) is 5.44. The summed E-state index contributed by atoms with van der Waals surface area (Å²) in [5.41, 5.74) is -0.729. The van der Waals surface area contributed by atoms with Gasteiger partial charge in [0, 0.05) is 5.46 Å². The lowest BCUT2D eigenvalue weighted by Crippen LogP contribution is -2.33. The van der Waals surface area contributed by atoms with Crippen LogP contribution in [0.15, 0.2) is 6.07 Å². The molecular formula is C10H13BCl2N2O4. The van der Waals surface area contributed by atoms with Gasteiger partial charge in [-0.05, 0) is 26.8 Å². The predicted octanol–water partition coefficient (Wildman–Crippen LogP) is 1.42. The maximum absolute atomic E-state index is 11.5. The van der Waals surface area contributed by atoms with Crippen LogP contribution in [0.2, 0.25) is 10.2 Å². The molecule has 104 valence electrons. The van der Waals surface area contributed by atoms with Crippen molar-refractivity contribution in [3.63, 3.8) is 0 Å². The molecule has 0 unspecified atom stereocenters. The molecule has 0 fully saturated rings. The van der Waals surface area contributed by atoms with Crippen LogP contribution in [-0.2, 0) is 4.74 Å². The molecule has 1 amide bonds. The van der Waals surface area contributed by atoms with Crippen LogP contribution in [0.1, 0.15) is 20.8 Å². The number of aromatic nitrogens is 1. The third-order valence-electron chi connectivity index (χ3n) is 1.85. The first-order valence-electron chi connectivity index (χ1n) is 5.32. The highest BCUT2D eigenvalue weighted by molar-refractivity contribution is 6.64. The lowest BCUT2D eigenvalue weighted by Gasteiger charge is -2.19. The van der Waals surface area contributed by atoms with Gasteiger partial charge < -0.3 is 14.8 Å². The molecular weight excluding hydrogens is 294 g/mol. The minimum atomic E-state index is -1.83. The normalized spacial score (nSPS) is 11.1. The summed E-state index contributed by atoms with van der Waals surface area (Å²) in [6.45, 7) is 5.12. The van der Waals surface area contributed by atoms with Crippen molar-refractivity contribution >= 4 is 47.7 Å². The lowest BCUT2D eigenvalue weighted by atomic mass is 9.81. The summed E-state index contributed by atoms with van der Waals surface area (Å²) in [4.78, 5) is 15.3. The summed E-state index contributed by atoms with van der Waals surface area (Å²) in [6.07, 6.45) is -0.739. The van der Waals surface area contributed by atoms with Crippen molar-refractivity contribution in [3.05, 3.63) is 16.2 Å². The van der Waals surface area contributed by atoms with Crippen LogP contribution in [0, 0.1) is 0 Å². The number of carbonyl (C=O) groups excluding carboxylic acids is 1. The minimum Gasteiger partial charge on any atom is -0.444 e. The van der Waals surface area contributed by atoms with E-state index in [4.69, 9.17) is 38.0 Å². The maximum atomic E-state index is 11.5. The first-order valence-corrected chi connectivity index (χ1v) is 6.08. The molecule has 0 spiro atoms. The van der Waals surface area contributed by atoms with Crippen LogP contribution in [0.4, 0.5) is 10.6 Å². The molecule has 1 aromatic heterocycles. The van der Waals surface area contributed by atoms with Crippen molar-refractivity contribution in [1.82, 2.24) is 4.98 Å². The summed E-state index contributed by atoms with van der Waals surface area (Å²) in [6, 6.07) is 1.20. The van der Waals surface area contributed by atoms with Gasteiger partial charge in [-0.15, -0.1) is 0 Å². The zero-order chi connectivity index (χ0) is 14.8. The van der Waals surface area contributed by atoms with E-state index in [2.05, 4.69) is 10.3 Å². The van der Waals surface area contributed by atoms with Gasteiger partial charge in [0.25, 0.3) is 0 Å². The van der Waals surface area contributed by atoms with Crippen LogP contribution in [0.3, 0.4) is 0 Å². The summed E-state index contributed by atoms with van der Waals surface area (Å²) in [7, 11) is -1.83. The number of nitrogens with one attached hydrogen (secondary N) is 1. The molecule has 3 N–H and O–H groups in total. The number of amides is 1. The summed E-state index contributed by atoms with van der Waals surface area (Å²) >= 11 is 11.5. The number of halogens is 2. The molecule has 0 aromatic carbocycles. The number of nitrogens with zero attached hydrogens (tertiary/aromatic N) is 1. The second kappa shape index (κ2) is 5.96. The van der Waals surface area contributed by atoms with Crippen LogP contribution in [0.25, 0.3) is 0 Å². The number of ether oxygens (including phenoxy) is 1. The maximum Gasteiger partial charge on any atom is 0.490 e. The van der Waals surface area contributed by atoms with Crippen molar-refractivity contribution in [2.75, 3.05) is 5.32 Å². The Labute approximate surface area is 120 Å². The topological polar surface area (TPSA) is 91.7 Å². The molecule has 0 bridgehead atoms. The van der Waals surface area contributed by atoms with Crippen molar-refractivity contribution < 1.29 is 19.6 Å². The van der Waals surface area contributed by atoms with Crippen LogP contribution >= 0.6 is 23.2 Å². The third-order valence-corrected chi connectivity index (χ3v) is 2.62. The molecule has 9 heteroatoms. The zero-order valence-electron chi connectivity index (χ0n) is 10.6. The van der Waals surface area contributed by atoms with E-state index < -0.39 is 18.8 Å². The van der Waals surface area contributed by atoms with Gasteiger partial charge in [-0.3, -0.25) is 5.32 Å². The molecule has 6 nitrogen and oxygen atoms in total. The molecule has 0 saturated carbocycles. The summed E-state index contributed by atoms with van der Waals surface area (Å²) < 4.78 is 5.02. The molecule has 0 radical (unpaired) electrons. The standard InChI is InChI=1S/C10H13BCl2N2O4/c1-10(2,3)19-9(16)15-6-4-5(11(17)18)7(12)8(13)14-6/h4,17-18H,1-3H3,(H,14,15,16). The highest BCUT2D eigenvalue weighted by atomic mass is 35.5. The van der Waals surface area contributed by atoms with Gasteiger partial charge in [-0.1, -0.05) is 23.2 Å². The van der Waals surface area contributed by atoms with Gasteiger partial charge >= 0.3 is 13.2 Å². The summed E-state index contributed by atoms with van der Waals surface area (Å²) in [5, 5.41) is 20.3. The number of hydrogen-bond donors (Lipinski definition) is 3. The van der Waals surface area contributed by atoms with Crippen molar-refractivity contribution in [1.29, 1.82) is 0 Å². The fraction of sp³-hybridized carbons (Fsp3) is 0.400. The highest BCUT2D eigenvalue weighted by Crippen LogP contribution is 2.20. The van der Waals surface area contributed by atoms with Gasteiger partial charge in [-0.25, -0.2) is 9.78 Å². The van der Waals surface area contributed by atoms with E-state index in [1.165, 1.54) is 6.07 Å². The first-order chi connectivity index (χ1) is 8.60. The van der Waals surface area contributed by atoms with E-state index in [1.54, 1.807) is 20.8 Å². The Balaban J connectivity index is 2.94. The summed E-state index contributed by atoms with van der Waals surface area (Å²) in [5.74, 6) is 0.00625. The molecule has 0 atom stereocenters. The van der Waals surface area contributed by atoms with E-state index >= 15 is 0 Å². The average Bonchev–Trinajstić information content (AvgIpc) is 2.19. The number of rotatable bonds is 2. The Kier molecular flexibility index (Phi) is 5.03. The largest absolute Gasteiger partial charge is 0.490 e. The Bertz CT molecular complexity index is 491. The molecule has 1 aromatic rings. The Hall–Kier alpha value is -1.02. The number of pyridine rings is 1. The minimum absolute atomic E-state index is 0.00625. The van der Waals surface area contributed by atoms with E-state index in [1.807, 2.05) is 0 Å². The van der Waals surface area contributed by atoms with Crippen LogP contribution in [-0.4, -0.2) is 33.8 Å². The zero-order valence-corrected chi connectivity index (χ0v) is 12.1. The lowest BCUT2D eigenvalue weighted by molar-refractivity contribution is 0.0635. The van der Waals surface area contributed by atoms with Gasteiger partial charge in [0.1, 0.15) is 16.6 Å². The van der Waals surface area contributed by atoms with Crippen molar-refractivity contribution in [2.45, 2.75) is 26.4 Å². The van der Waals surface area contributed by atoms with Gasteiger partial charge in [0.15, 0.2) is 0 Å². The molecule has 0 aliphatic rings. The van der Waals surface area contributed by atoms with E-state index in [0.29, 0.717) is 0 Å².